The SMILES string of the molecule is Cc1nn([C@@H]2CCCCO2)cc1C(=O)O. The van der Waals surface area contributed by atoms with Crippen molar-refractivity contribution in [2.75, 3.05) is 6.61 Å². The van der Waals surface area contributed by atoms with Crippen LogP contribution >= 0.6 is 0 Å². The Morgan fingerprint density at radius 2 is 2.47 bits per heavy atom. The van der Waals surface area contributed by atoms with E-state index in [9.17, 15) is 4.79 Å². The minimum Gasteiger partial charge on any atom is -0.478 e. The number of rotatable bonds is 2. The highest BCUT2D eigenvalue weighted by Crippen LogP contribution is 2.22. The van der Waals surface area contributed by atoms with E-state index in [0.717, 1.165) is 25.9 Å². The molecule has 15 heavy (non-hydrogen) atoms. The third kappa shape index (κ3) is 2.02. The van der Waals surface area contributed by atoms with Gasteiger partial charge in [-0.3, -0.25) is 0 Å². The van der Waals surface area contributed by atoms with Gasteiger partial charge >= 0.3 is 5.97 Å². The van der Waals surface area contributed by atoms with Crippen molar-refractivity contribution >= 4 is 5.97 Å². The first-order valence-electron chi connectivity index (χ1n) is 5.09. The molecule has 0 spiro atoms. The number of hydrogen-bond acceptors (Lipinski definition) is 3. The Hall–Kier alpha value is -1.36. The number of carboxylic acids is 1. The molecule has 0 unspecified atom stereocenters. The first-order chi connectivity index (χ1) is 7.18. The van der Waals surface area contributed by atoms with E-state index in [4.69, 9.17) is 9.84 Å². The maximum atomic E-state index is 10.8. The predicted octanol–water partition coefficient (Wildman–Crippen LogP) is 1.59. The Bertz CT molecular complexity index is 367. The van der Waals surface area contributed by atoms with Gasteiger partial charge in [0.15, 0.2) is 0 Å². The predicted molar refractivity (Wildman–Crippen MR) is 52.8 cm³/mol. The van der Waals surface area contributed by atoms with Crippen molar-refractivity contribution in [2.24, 2.45) is 0 Å². The van der Waals surface area contributed by atoms with Crippen LogP contribution in [0.5, 0.6) is 0 Å². The number of hydrogen-bond donors (Lipinski definition) is 1. The number of carboxylic acid groups (broad SMARTS) is 1. The second-order valence-corrected chi connectivity index (χ2v) is 3.73. The molecule has 2 heterocycles. The molecule has 0 amide bonds. The molecule has 1 aliphatic heterocycles. The molecule has 2 rings (SSSR count). The average Bonchev–Trinajstić information content (AvgIpc) is 2.62. The van der Waals surface area contributed by atoms with E-state index in [1.165, 1.54) is 0 Å². The van der Waals surface area contributed by atoms with Gasteiger partial charge in [0.2, 0.25) is 0 Å². The van der Waals surface area contributed by atoms with Crippen LogP contribution in [0.15, 0.2) is 6.20 Å². The summed E-state index contributed by atoms with van der Waals surface area (Å²) in [5, 5.41) is 13.0. The normalized spacial score (nSPS) is 21.5. The fourth-order valence-electron chi connectivity index (χ4n) is 1.77. The number of aromatic carboxylic acids is 1. The molecule has 0 radical (unpaired) electrons. The van der Waals surface area contributed by atoms with E-state index in [2.05, 4.69) is 5.10 Å². The largest absolute Gasteiger partial charge is 0.478 e. The minimum absolute atomic E-state index is 0.0921. The van der Waals surface area contributed by atoms with Crippen molar-refractivity contribution in [2.45, 2.75) is 32.4 Å². The standard InChI is InChI=1S/C10H14N2O3/c1-7-8(10(13)14)6-12(11-7)9-4-2-3-5-15-9/h6,9H,2-5H2,1H3,(H,13,14)/t9-/m0/s1. The van der Waals surface area contributed by atoms with Gasteiger partial charge in [-0.05, 0) is 26.2 Å². The van der Waals surface area contributed by atoms with Gasteiger partial charge < -0.3 is 9.84 Å². The molecule has 5 nitrogen and oxygen atoms in total. The molecule has 1 N–H and O–H groups in total. The van der Waals surface area contributed by atoms with Crippen LogP contribution in [0.1, 0.15) is 41.5 Å². The van der Waals surface area contributed by atoms with E-state index in [0.29, 0.717) is 5.69 Å². The Morgan fingerprint density at radius 1 is 1.67 bits per heavy atom. The summed E-state index contributed by atoms with van der Waals surface area (Å²) in [5.41, 5.74) is 0.792. The van der Waals surface area contributed by atoms with Gasteiger partial charge in [0.05, 0.1) is 5.69 Å². The maximum Gasteiger partial charge on any atom is 0.339 e. The molecule has 1 fully saturated rings. The topological polar surface area (TPSA) is 64.4 Å². The monoisotopic (exact) mass is 210 g/mol. The molecular formula is C10H14N2O3. The van der Waals surface area contributed by atoms with Crippen molar-refractivity contribution in [3.63, 3.8) is 0 Å². The second-order valence-electron chi connectivity index (χ2n) is 3.73. The number of aryl methyl sites for hydroxylation is 1. The quantitative estimate of drug-likeness (QED) is 0.805. The first kappa shape index (κ1) is 10.2. The molecule has 0 saturated carbocycles. The summed E-state index contributed by atoms with van der Waals surface area (Å²) in [7, 11) is 0. The van der Waals surface area contributed by atoms with Gasteiger partial charge in [-0.15, -0.1) is 0 Å². The molecule has 1 aliphatic rings. The van der Waals surface area contributed by atoms with Crippen LogP contribution in [0.4, 0.5) is 0 Å². The third-order valence-electron chi connectivity index (χ3n) is 2.60. The molecule has 5 heteroatoms. The summed E-state index contributed by atoms with van der Waals surface area (Å²) in [4.78, 5) is 10.8. The molecule has 1 aromatic heterocycles. The lowest BCUT2D eigenvalue weighted by Gasteiger charge is -2.22. The van der Waals surface area contributed by atoms with Crippen LogP contribution in [-0.2, 0) is 4.74 Å². The highest BCUT2D eigenvalue weighted by Gasteiger charge is 2.19. The van der Waals surface area contributed by atoms with Gasteiger partial charge in [-0.25, -0.2) is 9.48 Å². The van der Waals surface area contributed by atoms with Crippen LogP contribution < -0.4 is 0 Å². The van der Waals surface area contributed by atoms with Crippen LogP contribution in [0.2, 0.25) is 0 Å². The maximum absolute atomic E-state index is 10.8. The van der Waals surface area contributed by atoms with E-state index in [1.807, 2.05) is 0 Å². The number of aromatic nitrogens is 2. The zero-order valence-electron chi connectivity index (χ0n) is 8.64. The molecule has 1 atom stereocenters. The zero-order chi connectivity index (χ0) is 10.8. The summed E-state index contributed by atoms with van der Waals surface area (Å²) < 4.78 is 7.14. The molecular weight excluding hydrogens is 196 g/mol. The van der Waals surface area contributed by atoms with E-state index in [-0.39, 0.29) is 11.8 Å². The molecule has 0 aromatic carbocycles. The summed E-state index contributed by atoms with van der Waals surface area (Å²) in [6, 6.07) is 0. The number of nitrogens with zero attached hydrogens (tertiary/aromatic N) is 2. The zero-order valence-corrected chi connectivity index (χ0v) is 8.64. The third-order valence-corrected chi connectivity index (χ3v) is 2.60. The summed E-state index contributed by atoms with van der Waals surface area (Å²) in [6.07, 6.45) is 4.54. The van der Waals surface area contributed by atoms with E-state index < -0.39 is 5.97 Å². The average molecular weight is 210 g/mol. The van der Waals surface area contributed by atoms with Crippen LogP contribution in [-0.4, -0.2) is 27.5 Å². The Morgan fingerprint density at radius 3 is 3.00 bits per heavy atom. The lowest BCUT2D eigenvalue weighted by molar-refractivity contribution is -0.0396. The van der Waals surface area contributed by atoms with Gasteiger partial charge in [0.1, 0.15) is 11.8 Å². The van der Waals surface area contributed by atoms with E-state index in [1.54, 1.807) is 17.8 Å². The molecule has 1 aromatic rings. The van der Waals surface area contributed by atoms with Gasteiger partial charge in [0, 0.05) is 12.8 Å². The molecule has 0 aliphatic carbocycles. The molecule has 1 saturated heterocycles. The van der Waals surface area contributed by atoms with Gasteiger partial charge in [0.25, 0.3) is 0 Å². The summed E-state index contributed by atoms with van der Waals surface area (Å²) in [5.74, 6) is -0.936. The van der Waals surface area contributed by atoms with E-state index >= 15 is 0 Å². The summed E-state index contributed by atoms with van der Waals surface area (Å²) >= 11 is 0. The first-order valence-corrected chi connectivity index (χ1v) is 5.09. The van der Waals surface area contributed by atoms with Crippen molar-refractivity contribution in [1.29, 1.82) is 0 Å². The highest BCUT2D eigenvalue weighted by molar-refractivity contribution is 5.88. The number of carbonyl (C=O) groups is 1. The van der Waals surface area contributed by atoms with Crippen LogP contribution in [0.3, 0.4) is 0 Å². The van der Waals surface area contributed by atoms with Crippen molar-refractivity contribution in [3.8, 4) is 0 Å². The second kappa shape index (κ2) is 4.02. The lowest BCUT2D eigenvalue weighted by Crippen LogP contribution is -2.18. The lowest BCUT2D eigenvalue weighted by atomic mass is 10.2. The van der Waals surface area contributed by atoms with Crippen molar-refractivity contribution in [1.82, 2.24) is 9.78 Å². The Balaban J connectivity index is 2.21. The van der Waals surface area contributed by atoms with Crippen molar-refractivity contribution < 1.29 is 14.6 Å². The minimum atomic E-state index is -0.936. The molecule has 0 bridgehead atoms. The van der Waals surface area contributed by atoms with Crippen LogP contribution in [0, 0.1) is 6.92 Å². The Kier molecular flexibility index (Phi) is 2.73. The highest BCUT2D eigenvalue weighted by atomic mass is 16.5. The fourth-order valence-corrected chi connectivity index (χ4v) is 1.77. The number of ether oxygens (including phenoxy) is 1. The van der Waals surface area contributed by atoms with Gasteiger partial charge in [-0.1, -0.05) is 0 Å². The molecule has 82 valence electrons. The fraction of sp³-hybridized carbons (Fsp3) is 0.600. The Labute approximate surface area is 87.7 Å². The van der Waals surface area contributed by atoms with Gasteiger partial charge in [-0.2, -0.15) is 5.10 Å². The van der Waals surface area contributed by atoms with Crippen LogP contribution in [0.25, 0.3) is 0 Å². The smallest absolute Gasteiger partial charge is 0.339 e. The summed E-state index contributed by atoms with van der Waals surface area (Å²) in [6.45, 7) is 2.43. The van der Waals surface area contributed by atoms with Crippen molar-refractivity contribution in [3.05, 3.63) is 17.5 Å².